The molecule has 1 saturated heterocycles. The predicted octanol–water partition coefficient (Wildman–Crippen LogP) is -1.60. The molecule has 1 heterocycles. The van der Waals surface area contributed by atoms with Crippen LogP contribution in [0.2, 0.25) is 0 Å². The van der Waals surface area contributed by atoms with Crippen LogP contribution < -0.4 is 5.32 Å². The summed E-state index contributed by atoms with van der Waals surface area (Å²) in [6.07, 6.45) is 0.915. The normalized spacial score (nSPS) is 22.8. The molecule has 0 aromatic heterocycles. The van der Waals surface area contributed by atoms with Gasteiger partial charge in [0.25, 0.3) is 30.4 Å². The number of hydrogen-bond donors (Lipinski definition) is 1. The molecule has 0 aliphatic carbocycles. The molecule has 138 valence electrons. The van der Waals surface area contributed by atoms with Crippen LogP contribution in [0, 0.1) is 0 Å². The summed E-state index contributed by atoms with van der Waals surface area (Å²) in [7, 11) is -11.8. The van der Waals surface area contributed by atoms with Gasteiger partial charge in [-0.25, -0.2) is 0 Å². The van der Waals surface area contributed by atoms with Gasteiger partial charge in [0.05, 0.1) is 25.4 Å². The zero-order valence-corrected chi connectivity index (χ0v) is 15.4. The van der Waals surface area contributed by atoms with E-state index in [0.717, 1.165) is 25.2 Å². The molecular formula is C10H21NO9S3. The summed E-state index contributed by atoms with van der Waals surface area (Å²) < 4.78 is 82.3. The molecule has 1 N–H and O–H groups in total. The van der Waals surface area contributed by atoms with Crippen LogP contribution in [0.25, 0.3) is 0 Å². The Morgan fingerprint density at radius 1 is 0.957 bits per heavy atom. The van der Waals surface area contributed by atoms with Crippen LogP contribution in [0.15, 0.2) is 0 Å². The second-order valence-corrected chi connectivity index (χ2v) is 10.1. The maximum Gasteiger partial charge on any atom is 0.264 e. The Labute approximate surface area is 136 Å². The zero-order chi connectivity index (χ0) is 17.9. The Morgan fingerprint density at radius 3 is 1.91 bits per heavy atom. The number of nitrogens with one attached hydrogen (secondary N) is 1. The minimum absolute atomic E-state index is 0.514. The summed E-state index contributed by atoms with van der Waals surface area (Å²) in [6, 6.07) is -0.514. The predicted molar refractivity (Wildman–Crippen MR) is 81.3 cm³/mol. The lowest BCUT2D eigenvalue weighted by atomic mass is 10.0. The molecule has 3 atom stereocenters. The van der Waals surface area contributed by atoms with E-state index in [0.29, 0.717) is 13.0 Å². The minimum Gasteiger partial charge on any atom is -0.311 e. The molecule has 0 aromatic carbocycles. The first kappa shape index (κ1) is 20.7. The van der Waals surface area contributed by atoms with Crippen LogP contribution in [-0.2, 0) is 42.9 Å². The highest BCUT2D eigenvalue weighted by atomic mass is 32.2. The van der Waals surface area contributed by atoms with Crippen molar-refractivity contribution in [2.45, 2.75) is 31.1 Å². The standard InChI is InChI=1S/C10H21NO9S3/c1-21(12,13)18-7-9(19-22(2,14)15)10(20-23(3,16)17)8-5-4-6-11-8/h8-11H,4-7H2,1-3H3/t8-,9-,10+/m0/s1. The summed E-state index contributed by atoms with van der Waals surface area (Å²) >= 11 is 0. The fraction of sp³-hybridized carbons (Fsp3) is 1.00. The van der Waals surface area contributed by atoms with Crippen LogP contribution in [0.1, 0.15) is 12.8 Å². The third-order valence-electron chi connectivity index (χ3n) is 2.89. The molecule has 1 rings (SSSR count). The van der Waals surface area contributed by atoms with Crippen LogP contribution in [-0.4, -0.2) is 75.4 Å². The summed E-state index contributed by atoms with van der Waals surface area (Å²) in [5.41, 5.74) is 0. The van der Waals surface area contributed by atoms with E-state index in [-0.39, 0.29) is 0 Å². The summed E-state index contributed by atoms with van der Waals surface area (Å²) in [4.78, 5) is 0. The van der Waals surface area contributed by atoms with Crippen molar-refractivity contribution in [3.8, 4) is 0 Å². The average molecular weight is 395 g/mol. The van der Waals surface area contributed by atoms with Crippen molar-refractivity contribution in [1.29, 1.82) is 0 Å². The molecule has 0 bridgehead atoms. The number of rotatable bonds is 9. The Bertz CT molecular complexity index is 692. The van der Waals surface area contributed by atoms with Crippen LogP contribution in [0.5, 0.6) is 0 Å². The zero-order valence-electron chi connectivity index (χ0n) is 13.0. The van der Waals surface area contributed by atoms with Gasteiger partial charge >= 0.3 is 0 Å². The van der Waals surface area contributed by atoms with E-state index in [1.165, 1.54) is 0 Å². The van der Waals surface area contributed by atoms with Crippen molar-refractivity contribution < 1.29 is 37.8 Å². The van der Waals surface area contributed by atoms with Crippen molar-refractivity contribution in [3.63, 3.8) is 0 Å². The van der Waals surface area contributed by atoms with Crippen LogP contribution in [0.4, 0.5) is 0 Å². The minimum atomic E-state index is -4.00. The largest absolute Gasteiger partial charge is 0.311 e. The maximum absolute atomic E-state index is 11.5. The van der Waals surface area contributed by atoms with Gasteiger partial charge in [-0.2, -0.15) is 25.3 Å². The van der Waals surface area contributed by atoms with Gasteiger partial charge in [-0.15, -0.1) is 0 Å². The molecule has 0 unspecified atom stereocenters. The van der Waals surface area contributed by atoms with Gasteiger partial charge in [0.2, 0.25) is 0 Å². The van der Waals surface area contributed by atoms with Crippen molar-refractivity contribution in [3.05, 3.63) is 0 Å². The van der Waals surface area contributed by atoms with Crippen molar-refractivity contribution in [2.75, 3.05) is 31.9 Å². The monoisotopic (exact) mass is 395 g/mol. The highest BCUT2D eigenvalue weighted by Gasteiger charge is 2.38. The molecule has 1 fully saturated rings. The number of hydrogen-bond acceptors (Lipinski definition) is 10. The molecule has 0 saturated carbocycles. The molecule has 1 aliphatic rings. The van der Waals surface area contributed by atoms with E-state index >= 15 is 0 Å². The Morgan fingerprint density at radius 2 is 1.52 bits per heavy atom. The Kier molecular flexibility index (Phi) is 6.96. The fourth-order valence-corrected chi connectivity index (χ4v) is 3.83. The van der Waals surface area contributed by atoms with Gasteiger partial charge in [0, 0.05) is 6.04 Å². The lowest BCUT2D eigenvalue weighted by Crippen LogP contribution is -2.49. The van der Waals surface area contributed by atoms with E-state index < -0.39 is 55.2 Å². The topological polar surface area (TPSA) is 142 Å². The van der Waals surface area contributed by atoms with Crippen LogP contribution >= 0.6 is 0 Å². The summed E-state index contributed by atoms with van der Waals surface area (Å²) in [5, 5.41) is 2.97. The van der Waals surface area contributed by atoms with Crippen LogP contribution in [0.3, 0.4) is 0 Å². The fourth-order valence-electron chi connectivity index (χ4n) is 2.17. The van der Waals surface area contributed by atoms with Gasteiger partial charge in [-0.3, -0.25) is 12.5 Å². The lowest BCUT2D eigenvalue weighted by Gasteiger charge is -2.29. The SMILES string of the molecule is CS(=O)(=O)OC[C@H](OS(C)(=O)=O)[C@H](OS(C)(=O)=O)[C@@H]1CCCN1. The third kappa shape index (κ3) is 8.93. The molecular weight excluding hydrogens is 374 g/mol. The molecule has 0 aromatic rings. The van der Waals surface area contributed by atoms with Gasteiger partial charge < -0.3 is 5.32 Å². The molecule has 0 spiro atoms. The van der Waals surface area contributed by atoms with E-state index in [4.69, 9.17) is 8.37 Å². The van der Waals surface area contributed by atoms with Gasteiger partial charge in [-0.05, 0) is 19.4 Å². The van der Waals surface area contributed by atoms with Crippen molar-refractivity contribution in [2.24, 2.45) is 0 Å². The smallest absolute Gasteiger partial charge is 0.264 e. The molecule has 10 nitrogen and oxygen atoms in total. The van der Waals surface area contributed by atoms with E-state index in [2.05, 4.69) is 9.50 Å². The first-order valence-electron chi connectivity index (χ1n) is 6.61. The van der Waals surface area contributed by atoms with Gasteiger partial charge in [-0.1, -0.05) is 0 Å². The lowest BCUT2D eigenvalue weighted by molar-refractivity contribution is 0.0158. The second kappa shape index (κ2) is 7.72. The highest BCUT2D eigenvalue weighted by Crippen LogP contribution is 2.21. The highest BCUT2D eigenvalue weighted by molar-refractivity contribution is 7.86. The second-order valence-electron chi connectivity index (χ2n) is 5.30. The van der Waals surface area contributed by atoms with Gasteiger partial charge in [0.15, 0.2) is 0 Å². The van der Waals surface area contributed by atoms with Crippen molar-refractivity contribution in [1.82, 2.24) is 5.32 Å². The van der Waals surface area contributed by atoms with Crippen molar-refractivity contribution >= 4 is 30.4 Å². The Hall–Kier alpha value is -0.310. The first-order chi connectivity index (χ1) is 10.3. The van der Waals surface area contributed by atoms with E-state index in [9.17, 15) is 25.3 Å². The average Bonchev–Trinajstić information content (AvgIpc) is 2.81. The van der Waals surface area contributed by atoms with E-state index in [1.54, 1.807) is 0 Å². The van der Waals surface area contributed by atoms with E-state index in [1.807, 2.05) is 0 Å². The first-order valence-corrected chi connectivity index (χ1v) is 12.1. The summed E-state index contributed by atoms with van der Waals surface area (Å²) in [5.74, 6) is 0. The maximum atomic E-state index is 11.5. The Balaban J connectivity index is 3.07. The molecule has 13 heteroatoms. The molecule has 23 heavy (non-hydrogen) atoms. The molecule has 0 radical (unpaired) electrons. The molecule has 1 aliphatic heterocycles. The quantitative estimate of drug-likeness (QED) is 0.454. The van der Waals surface area contributed by atoms with Gasteiger partial charge in [0.1, 0.15) is 12.2 Å². The third-order valence-corrected chi connectivity index (χ3v) is 4.62. The summed E-state index contributed by atoms with van der Waals surface area (Å²) in [6.45, 7) is -0.100. The molecule has 0 amide bonds.